The molecular formula is C27H33BrFN3O4Si. The Kier molecular flexibility index (Phi) is 7.08. The zero-order valence-corrected chi connectivity index (χ0v) is 23.9. The minimum atomic E-state index is -3.23. The molecule has 2 aromatic carbocycles. The van der Waals surface area contributed by atoms with E-state index in [1.807, 2.05) is 49.4 Å². The van der Waals surface area contributed by atoms with Crippen LogP contribution >= 0.6 is 15.9 Å². The van der Waals surface area contributed by atoms with E-state index in [1.54, 1.807) is 22.9 Å². The van der Waals surface area contributed by atoms with E-state index in [9.17, 15) is 14.7 Å². The van der Waals surface area contributed by atoms with E-state index in [4.69, 9.17) is 4.74 Å². The van der Waals surface area contributed by atoms with Gasteiger partial charge < -0.3 is 29.1 Å². The number of rotatable bonds is 6. The van der Waals surface area contributed by atoms with Gasteiger partial charge in [0.2, 0.25) is 14.3 Å². The fourth-order valence-electron chi connectivity index (χ4n) is 6.42. The van der Waals surface area contributed by atoms with Crippen LogP contribution in [0.2, 0.25) is 18.6 Å². The highest BCUT2D eigenvalue weighted by atomic mass is 79.9. The smallest absolute Gasteiger partial charge is 0.264 e. The number of benzene rings is 2. The van der Waals surface area contributed by atoms with Crippen LogP contribution < -0.4 is 15.1 Å². The number of hydrogen-bond acceptors (Lipinski definition) is 5. The molecule has 1 spiro atoms. The summed E-state index contributed by atoms with van der Waals surface area (Å²) in [6, 6.07) is 13.4. The zero-order valence-electron chi connectivity index (χ0n) is 21.3. The van der Waals surface area contributed by atoms with E-state index < -0.39 is 25.7 Å². The first-order chi connectivity index (χ1) is 17.6. The fraction of sp³-hybridized carbons (Fsp3) is 0.481. The van der Waals surface area contributed by atoms with E-state index in [-0.39, 0.29) is 24.3 Å². The predicted octanol–water partition coefficient (Wildman–Crippen LogP) is 4.09. The molecule has 0 saturated carbocycles. The van der Waals surface area contributed by atoms with E-state index in [0.717, 1.165) is 33.5 Å². The molecule has 0 bridgehead atoms. The molecule has 0 aromatic heterocycles. The zero-order chi connectivity index (χ0) is 26.5. The summed E-state index contributed by atoms with van der Waals surface area (Å²) in [5.74, 6) is -0.547. The van der Waals surface area contributed by atoms with Crippen LogP contribution in [0.4, 0.5) is 15.5 Å². The van der Waals surface area contributed by atoms with Crippen molar-refractivity contribution in [2.75, 3.05) is 36.0 Å². The molecule has 10 heteroatoms. The summed E-state index contributed by atoms with van der Waals surface area (Å²) >= 11 is 3.55. The lowest BCUT2D eigenvalue weighted by molar-refractivity contribution is -0.146. The van der Waals surface area contributed by atoms with Crippen LogP contribution in [-0.2, 0) is 26.5 Å². The van der Waals surface area contributed by atoms with Gasteiger partial charge in [0, 0.05) is 46.9 Å². The van der Waals surface area contributed by atoms with Gasteiger partial charge in [-0.05, 0) is 55.4 Å². The Hall–Kier alpha value is -2.11. The fourth-order valence-corrected chi connectivity index (χ4v) is 9.32. The molecule has 0 unspecified atom stereocenters. The van der Waals surface area contributed by atoms with Crippen LogP contribution in [0.25, 0.3) is 0 Å². The first-order valence-electron chi connectivity index (χ1n) is 12.8. The van der Waals surface area contributed by atoms with Gasteiger partial charge >= 0.3 is 0 Å². The SMILES string of the molecule is C[C@H]1[C@H]([Si](C)(C)F)[C@@H](CCO)O[C@]12C(=O)N(Cc1ccc(N3CCNCC3=O)cc1)c1ccc(Br)cc12. The number of ether oxygens (including phenoxy) is 1. The van der Waals surface area contributed by atoms with Crippen molar-refractivity contribution < 1.29 is 23.5 Å². The standard InChI is InChI=1S/C27H33BrFN3O4Si/c1-17-25(37(2,3)29)23(10-13-33)36-27(17)21-14-19(28)6-9-22(21)32(26(27)35)16-18-4-7-20(8-5-18)31-12-11-30-15-24(31)34/h4-9,14,17,23,25,30,33H,10-13,15-16H2,1-3H3/t17-,23+,25-,27+/m0/s1. The van der Waals surface area contributed by atoms with Crippen molar-refractivity contribution in [3.05, 3.63) is 58.1 Å². The number of carbonyl (C=O) groups excluding carboxylic acids is 2. The number of aliphatic hydroxyl groups is 1. The Morgan fingerprint density at radius 3 is 2.59 bits per heavy atom. The van der Waals surface area contributed by atoms with Crippen LogP contribution in [0.15, 0.2) is 46.9 Å². The van der Waals surface area contributed by atoms with E-state index in [2.05, 4.69) is 21.2 Å². The Labute approximate surface area is 226 Å². The van der Waals surface area contributed by atoms with Crippen molar-refractivity contribution in [1.82, 2.24) is 5.32 Å². The van der Waals surface area contributed by atoms with E-state index >= 15 is 4.11 Å². The van der Waals surface area contributed by atoms with Gasteiger partial charge in [0.25, 0.3) is 5.91 Å². The highest BCUT2D eigenvalue weighted by Crippen LogP contribution is 2.60. The first kappa shape index (κ1) is 26.5. The topological polar surface area (TPSA) is 82.1 Å². The molecule has 0 radical (unpaired) electrons. The number of hydrogen-bond donors (Lipinski definition) is 2. The molecule has 3 aliphatic heterocycles. The molecule has 4 atom stereocenters. The number of amides is 2. The lowest BCUT2D eigenvalue weighted by atomic mass is 9.82. The minimum absolute atomic E-state index is 0.0360. The number of halogens is 2. The summed E-state index contributed by atoms with van der Waals surface area (Å²) in [7, 11) is -3.23. The average Bonchev–Trinajstić information content (AvgIpc) is 3.27. The maximum Gasteiger partial charge on any atom is 0.264 e. The molecule has 37 heavy (non-hydrogen) atoms. The molecule has 198 valence electrons. The Balaban J connectivity index is 1.49. The van der Waals surface area contributed by atoms with Crippen molar-refractivity contribution in [1.29, 1.82) is 0 Å². The molecule has 3 heterocycles. The Bertz CT molecular complexity index is 1210. The molecule has 2 aromatic rings. The van der Waals surface area contributed by atoms with Gasteiger partial charge in [0.15, 0.2) is 5.60 Å². The summed E-state index contributed by atoms with van der Waals surface area (Å²) in [5, 5.41) is 12.8. The normalized spacial score (nSPS) is 27.9. The van der Waals surface area contributed by atoms with Gasteiger partial charge in [0.1, 0.15) is 0 Å². The van der Waals surface area contributed by atoms with Gasteiger partial charge in [-0.2, -0.15) is 0 Å². The van der Waals surface area contributed by atoms with Crippen LogP contribution in [0.1, 0.15) is 24.5 Å². The molecular weight excluding hydrogens is 557 g/mol. The van der Waals surface area contributed by atoms with Gasteiger partial charge in [-0.25, -0.2) is 0 Å². The Morgan fingerprint density at radius 1 is 1.22 bits per heavy atom. The number of piperazine rings is 1. The number of fused-ring (bicyclic) bond motifs is 2. The highest BCUT2D eigenvalue weighted by Gasteiger charge is 2.66. The lowest BCUT2D eigenvalue weighted by Gasteiger charge is -2.31. The second kappa shape index (κ2) is 9.89. The van der Waals surface area contributed by atoms with Crippen molar-refractivity contribution in [3.8, 4) is 0 Å². The lowest BCUT2D eigenvalue weighted by Crippen LogP contribution is -2.48. The van der Waals surface area contributed by atoms with Gasteiger partial charge in [-0.1, -0.05) is 35.0 Å². The van der Waals surface area contributed by atoms with Crippen molar-refractivity contribution in [2.24, 2.45) is 5.92 Å². The highest BCUT2D eigenvalue weighted by molar-refractivity contribution is 9.10. The number of nitrogens with one attached hydrogen (secondary N) is 1. The summed E-state index contributed by atoms with van der Waals surface area (Å²) in [4.78, 5) is 30.0. The van der Waals surface area contributed by atoms with Gasteiger partial charge in [-0.3, -0.25) is 9.59 Å². The second-order valence-electron chi connectivity index (χ2n) is 10.7. The summed E-state index contributed by atoms with van der Waals surface area (Å²) in [6.07, 6.45) is -0.238. The van der Waals surface area contributed by atoms with E-state index in [1.165, 1.54) is 0 Å². The third kappa shape index (κ3) is 4.46. The molecule has 2 amide bonds. The van der Waals surface area contributed by atoms with Crippen LogP contribution in [0, 0.1) is 5.92 Å². The predicted molar refractivity (Wildman–Crippen MR) is 147 cm³/mol. The molecule has 3 aliphatic rings. The maximum atomic E-state index is 15.6. The third-order valence-corrected chi connectivity index (χ3v) is 11.0. The molecule has 2 fully saturated rings. The van der Waals surface area contributed by atoms with Crippen LogP contribution in [0.5, 0.6) is 0 Å². The molecule has 7 nitrogen and oxygen atoms in total. The molecule has 2 N–H and O–H groups in total. The first-order valence-corrected chi connectivity index (χ1v) is 16.5. The summed E-state index contributed by atoms with van der Waals surface area (Å²) in [6.45, 7) is 7.13. The largest absolute Gasteiger partial charge is 0.396 e. The number of aliphatic hydroxyl groups excluding tert-OH is 1. The quantitative estimate of drug-likeness (QED) is 0.392. The van der Waals surface area contributed by atoms with E-state index in [0.29, 0.717) is 26.1 Å². The summed E-state index contributed by atoms with van der Waals surface area (Å²) < 4.78 is 23.0. The van der Waals surface area contributed by atoms with Crippen molar-refractivity contribution in [2.45, 2.75) is 50.2 Å². The second-order valence-corrected chi connectivity index (χ2v) is 15.4. The molecule has 0 aliphatic carbocycles. The summed E-state index contributed by atoms with van der Waals surface area (Å²) in [5.41, 5.74) is 1.52. The van der Waals surface area contributed by atoms with Crippen LogP contribution in [-0.4, -0.2) is 57.7 Å². The minimum Gasteiger partial charge on any atom is -0.396 e. The molecule has 5 rings (SSSR count). The monoisotopic (exact) mass is 589 g/mol. The van der Waals surface area contributed by atoms with Crippen molar-refractivity contribution in [3.63, 3.8) is 0 Å². The van der Waals surface area contributed by atoms with Crippen LogP contribution in [0.3, 0.4) is 0 Å². The maximum absolute atomic E-state index is 15.6. The Morgan fingerprint density at radius 2 is 1.95 bits per heavy atom. The number of nitrogens with zero attached hydrogens (tertiary/aromatic N) is 2. The number of carbonyl (C=O) groups is 2. The van der Waals surface area contributed by atoms with Gasteiger partial charge in [0.05, 0.1) is 24.9 Å². The van der Waals surface area contributed by atoms with Gasteiger partial charge in [-0.15, -0.1) is 0 Å². The number of anilines is 2. The molecule has 2 saturated heterocycles. The third-order valence-electron chi connectivity index (χ3n) is 8.01. The van der Waals surface area contributed by atoms with Crippen molar-refractivity contribution >= 4 is 47.5 Å². The average molecular weight is 591 g/mol.